The molecule has 0 spiro atoms. The molecule has 0 saturated carbocycles. The molecule has 1 aliphatic rings. The van der Waals surface area contributed by atoms with Gasteiger partial charge in [-0.2, -0.15) is 0 Å². The van der Waals surface area contributed by atoms with E-state index in [0.29, 0.717) is 0 Å². The van der Waals surface area contributed by atoms with E-state index in [4.69, 9.17) is 5.73 Å². The van der Waals surface area contributed by atoms with Gasteiger partial charge in [-0.3, -0.25) is 0 Å². The van der Waals surface area contributed by atoms with Gasteiger partial charge in [-0.05, 0) is 32.5 Å². The van der Waals surface area contributed by atoms with Crippen molar-refractivity contribution in [2.24, 2.45) is 11.7 Å². The van der Waals surface area contributed by atoms with Crippen LogP contribution in [0.2, 0.25) is 0 Å². The van der Waals surface area contributed by atoms with Crippen molar-refractivity contribution in [1.29, 1.82) is 0 Å². The lowest BCUT2D eigenvalue weighted by molar-refractivity contribution is 0.389. The van der Waals surface area contributed by atoms with Crippen LogP contribution in [0.5, 0.6) is 0 Å². The van der Waals surface area contributed by atoms with Crippen LogP contribution >= 0.6 is 0 Å². The summed E-state index contributed by atoms with van der Waals surface area (Å²) in [6.07, 6.45) is 1.34. The lowest BCUT2D eigenvalue weighted by Gasteiger charge is -2.10. The van der Waals surface area contributed by atoms with Crippen LogP contribution in [-0.2, 0) is 0 Å². The molecule has 0 bridgehead atoms. The van der Waals surface area contributed by atoms with Gasteiger partial charge in [0.1, 0.15) is 0 Å². The third-order valence-electron chi connectivity index (χ3n) is 2.24. The maximum absolute atomic E-state index is 5.37. The minimum atomic E-state index is 0.753. The van der Waals surface area contributed by atoms with E-state index in [1.165, 1.54) is 19.5 Å². The molecular formula is C8H19N3. The molecule has 3 N–H and O–H groups in total. The molecular weight excluding hydrogens is 138 g/mol. The van der Waals surface area contributed by atoms with Crippen LogP contribution in [0, 0.1) is 5.92 Å². The zero-order valence-corrected chi connectivity index (χ0v) is 7.34. The molecule has 1 atom stereocenters. The van der Waals surface area contributed by atoms with Crippen molar-refractivity contribution in [3.63, 3.8) is 0 Å². The predicted molar refractivity (Wildman–Crippen MR) is 47.5 cm³/mol. The number of hydrogen-bond donors (Lipinski definition) is 2. The summed E-state index contributed by atoms with van der Waals surface area (Å²) in [5, 5.41) is 3.35. The van der Waals surface area contributed by atoms with E-state index in [2.05, 4.69) is 17.3 Å². The standard InChI is InChI=1S/C8H19N3/c1-11-5-2-8(7-11)6-10-4-3-9/h8,10H,2-7,9H2,1H3. The molecule has 1 rings (SSSR count). The zero-order valence-electron chi connectivity index (χ0n) is 7.34. The fourth-order valence-corrected chi connectivity index (χ4v) is 1.60. The monoisotopic (exact) mass is 157 g/mol. The first-order chi connectivity index (χ1) is 5.33. The number of nitrogens with two attached hydrogens (primary N) is 1. The van der Waals surface area contributed by atoms with E-state index in [0.717, 1.165) is 25.6 Å². The van der Waals surface area contributed by atoms with Gasteiger partial charge in [0, 0.05) is 19.6 Å². The Morgan fingerprint density at radius 3 is 3.00 bits per heavy atom. The average Bonchev–Trinajstić information content (AvgIpc) is 2.37. The number of rotatable bonds is 4. The summed E-state index contributed by atoms with van der Waals surface area (Å²) in [5.74, 6) is 0.853. The molecule has 11 heavy (non-hydrogen) atoms. The molecule has 1 heterocycles. The van der Waals surface area contributed by atoms with E-state index in [9.17, 15) is 0 Å². The zero-order chi connectivity index (χ0) is 8.10. The molecule has 3 nitrogen and oxygen atoms in total. The number of hydrogen-bond acceptors (Lipinski definition) is 3. The van der Waals surface area contributed by atoms with Crippen LogP contribution in [0.3, 0.4) is 0 Å². The first-order valence-electron chi connectivity index (χ1n) is 4.42. The summed E-state index contributed by atoms with van der Waals surface area (Å²) in [6.45, 7) is 5.36. The molecule has 1 fully saturated rings. The Bertz CT molecular complexity index is 106. The molecule has 0 amide bonds. The summed E-state index contributed by atoms with van der Waals surface area (Å²) in [6, 6.07) is 0. The molecule has 0 radical (unpaired) electrons. The van der Waals surface area contributed by atoms with Gasteiger partial charge in [-0.25, -0.2) is 0 Å². The van der Waals surface area contributed by atoms with E-state index < -0.39 is 0 Å². The molecule has 0 aromatic rings. The first-order valence-corrected chi connectivity index (χ1v) is 4.42. The van der Waals surface area contributed by atoms with Crippen molar-refractivity contribution in [2.45, 2.75) is 6.42 Å². The van der Waals surface area contributed by atoms with Gasteiger partial charge < -0.3 is 16.0 Å². The Labute approximate surface area is 68.9 Å². The molecule has 0 aliphatic carbocycles. The van der Waals surface area contributed by atoms with Gasteiger partial charge >= 0.3 is 0 Å². The second-order valence-electron chi connectivity index (χ2n) is 3.41. The van der Waals surface area contributed by atoms with Gasteiger partial charge in [-0.15, -0.1) is 0 Å². The summed E-state index contributed by atoms with van der Waals surface area (Å²) < 4.78 is 0. The quantitative estimate of drug-likeness (QED) is 0.540. The predicted octanol–water partition coefficient (Wildman–Crippen LogP) is -0.514. The molecule has 0 aromatic carbocycles. The molecule has 66 valence electrons. The van der Waals surface area contributed by atoms with Crippen molar-refractivity contribution in [3.05, 3.63) is 0 Å². The minimum Gasteiger partial charge on any atom is -0.329 e. The average molecular weight is 157 g/mol. The maximum Gasteiger partial charge on any atom is 0.00746 e. The van der Waals surface area contributed by atoms with Crippen LogP contribution in [0.15, 0.2) is 0 Å². The highest BCUT2D eigenvalue weighted by Gasteiger charge is 2.18. The van der Waals surface area contributed by atoms with E-state index in [-0.39, 0.29) is 0 Å². The highest BCUT2D eigenvalue weighted by atomic mass is 15.1. The van der Waals surface area contributed by atoms with Gasteiger partial charge in [0.2, 0.25) is 0 Å². The summed E-state index contributed by atoms with van der Waals surface area (Å²) in [4.78, 5) is 2.38. The number of likely N-dealkylation sites (tertiary alicyclic amines) is 1. The third kappa shape index (κ3) is 3.18. The summed E-state index contributed by atoms with van der Waals surface area (Å²) in [7, 11) is 2.18. The molecule has 1 aliphatic heterocycles. The topological polar surface area (TPSA) is 41.3 Å². The van der Waals surface area contributed by atoms with Gasteiger partial charge in [-0.1, -0.05) is 0 Å². The van der Waals surface area contributed by atoms with Crippen molar-refractivity contribution in [3.8, 4) is 0 Å². The molecule has 1 unspecified atom stereocenters. The SMILES string of the molecule is CN1CCC(CNCCN)C1. The van der Waals surface area contributed by atoms with Crippen molar-refractivity contribution >= 4 is 0 Å². The first kappa shape index (κ1) is 8.97. The normalized spacial score (nSPS) is 26.2. The van der Waals surface area contributed by atoms with E-state index in [1.54, 1.807) is 0 Å². The van der Waals surface area contributed by atoms with Crippen LogP contribution in [-0.4, -0.2) is 44.7 Å². The van der Waals surface area contributed by atoms with Crippen LogP contribution in [0.1, 0.15) is 6.42 Å². The van der Waals surface area contributed by atoms with E-state index in [1.807, 2.05) is 0 Å². The Balaban J connectivity index is 1.99. The van der Waals surface area contributed by atoms with Crippen LogP contribution in [0.4, 0.5) is 0 Å². The number of nitrogens with zero attached hydrogens (tertiary/aromatic N) is 1. The highest BCUT2D eigenvalue weighted by molar-refractivity contribution is 4.74. The molecule has 0 aromatic heterocycles. The summed E-state index contributed by atoms with van der Waals surface area (Å²) >= 11 is 0. The Morgan fingerprint density at radius 1 is 1.64 bits per heavy atom. The Kier molecular flexibility index (Phi) is 3.83. The fraction of sp³-hybridized carbons (Fsp3) is 1.00. The second kappa shape index (κ2) is 4.70. The van der Waals surface area contributed by atoms with Crippen LogP contribution < -0.4 is 11.1 Å². The lowest BCUT2D eigenvalue weighted by atomic mass is 10.1. The van der Waals surface area contributed by atoms with Crippen LogP contribution in [0.25, 0.3) is 0 Å². The van der Waals surface area contributed by atoms with Gasteiger partial charge in [0.05, 0.1) is 0 Å². The van der Waals surface area contributed by atoms with Gasteiger partial charge in [0.25, 0.3) is 0 Å². The van der Waals surface area contributed by atoms with Crippen molar-refractivity contribution in [2.75, 3.05) is 39.8 Å². The summed E-state index contributed by atoms with van der Waals surface area (Å²) in [5.41, 5.74) is 5.37. The van der Waals surface area contributed by atoms with Crippen molar-refractivity contribution in [1.82, 2.24) is 10.2 Å². The highest BCUT2D eigenvalue weighted by Crippen LogP contribution is 2.12. The smallest absolute Gasteiger partial charge is 0.00746 e. The lowest BCUT2D eigenvalue weighted by Crippen LogP contribution is -2.29. The Morgan fingerprint density at radius 2 is 2.45 bits per heavy atom. The largest absolute Gasteiger partial charge is 0.329 e. The van der Waals surface area contributed by atoms with Gasteiger partial charge in [0.15, 0.2) is 0 Å². The second-order valence-corrected chi connectivity index (χ2v) is 3.41. The minimum absolute atomic E-state index is 0.753. The molecule has 1 saturated heterocycles. The third-order valence-corrected chi connectivity index (χ3v) is 2.24. The molecule has 3 heteroatoms. The number of nitrogens with one attached hydrogen (secondary N) is 1. The Hall–Kier alpha value is -0.120. The van der Waals surface area contributed by atoms with Crippen molar-refractivity contribution < 1.29 is 0 Å². The fourth-order valence-electron chi connectivity index (χ4n) is 1.60. The van der Waals surface area contributed by atoms with E-state index >= 15 is 0 Å². The maximum atomic E-state index is 5.37.